The van der Waals surface area contributed by atoms with Crippen LogP contribution in [0.2, 0.25) is 0 Å². The van der Waals surface area contributed by atoms with Gasteiger partial charge in [0.1, 0.15) is 28.0 Å². The summed E-state index contributed by atoms with van der Waals surface area (Å²) in [5.41, 5.74) is 0.558. The van der Waals surface area contributed by atoms with Crippen molar-refractivity contribution >= 4 is 34.2 Å². The predicted octanol–water partition coefficient (Wildman–Crippen LogP) is 3.84. The fraction of sp³-hybridized carbons (Fsp3) is 0.435. The maximum absolute atomic E-state index is 12.5. The second-order valence-corrected chi connectivity index (χ2v) is 7.81. The fourth-order valence-corrected chi connectivity index (χ4v) is 3.92. The number of nitrogens with one attached hydrogen (secondary N) is 1. The second-order valence-electron chi connectivity index (χ2n) is 6.79. The summed E-state index contributed by atoms with van der Waals surface area (Å²) >= 11 is 0.983. The van der Waals surface area contributed by atoms with E-state index in [9.17, 15) is 14.4 Å². The molecule has 2 aromatic rings. The van der Waals surface area contributed by atoms with Gasteiger partial charge in [-0.05, 0) is 50.1 Å². The molecule has 1 aromatic heterocycles. The zero-order chi connectivity index (χ0) is 24.2. The number of hydrogen-bond donors (Lipinski definition) is 1. The van der Waals surface area contributed by atoms with Crippen LogP contribution in [0, 0.1) is 6.92 Å². The second kappa shape index (κ2) is 13.4. The minimum Gasteiger partial charge on any atom is -0.497 e. The molecule has 0 spiro atoms. The molecule has 0 aliphatic carbocycles. The molecule has 0 radical (unpaired) electrons. The Morgan fingerprint density at radius 2 is 1.64 bits per heavy atom. The van der Waals surface area contributed by atoms with Crippen molar-refractivity contribution in [2.45, 2.75) is 26.7 Å². The summed E-state index contributed by atoms with van der Waals surface area (Å²) in [5, 5.41) is 2.98. The molecule has 0 aliphatic rings. The van der Waals surface area contributed by atoms with Crippen molar-refractivity contribution < 1.29 is 38.1 Å². The number of carbonyl (C=O) groups excluding carboxylic acids is 3. The highest BCUT2D eigenvalue weighted by molar-refractivity contribution is 7.18. The smallest absolute Gasteiger partial charge is 0.348 e. The number of ether oxygens (including phenoxy) is 5. The zero-order valence-corrected chi connectivity index (χ0v) is 20.0. The van der Waals surface area contributed by atoms with E-state index in [4.69, 9.17) is 23.7 Å². The quantitative estimate of drug-likeness (QED) is 0.341. The number of rotatable bonds is 13. The minimum absolute atomic E-state index is 0.0807. The van der Waals surface area contributed by atoms with E-state index in [-0.39, 0.29) is 47.6 Å². The fourth-order valence-electron chi connectivity index (χ4n) is 2.81. The molecular weight excluding hydrogens is 450 g/mol. The average molecular weight is 480 g/mol. The van der Waals surface area contributed by atoms with Crippen LogP contribution < -0.4 is 14.8 Å². The van der Waals surface area contributed by atoms with Crippen molar-refractivity contribution in [1.29, 1.82) is 0 Å². The molecular formula is C23H29NO8S. The first kappa shape index (κ1) is 26.1. The van der Waals surface area contributed by atoms with Crippen molar-refractivity contribution in [2.24, 2.45) is 0 Å². The maximum Gasteiger partial charge on any atom is 0.348 e. The highest BCUT2D eigenvalue weighted by Crippen LogP contribution is 2.34. The number of anilines is 1. The molecule has 0 unspecified atom stereocenters. The van der Waals surface area contributed by atoms with E-state index in [0.29, 0.717) is 24.3 Å². The molecule has 1 aromatic carbocycles. The topological polar surface area (TPSA) is 109 Å². The first-order valence-electron chi connectivity index (χ1n) is 10.4. The van der Waals surface area contributed by atoms with Gasteiger partial charge >= 0.3 is 11.9 Å². The lowest BCUT2D eigenvalue weighted by Gasteiger charge is -2.08. The van der Waals surface area contributed by atoms with E-state index in [2.05, 4.69) is 5.32 Å². The number of thiophene rings is 1. The molecule has 1 heterocycles. The molecule has 0 fully saturated rings. The molecule has 9 nitrogen and oxygen atoms in total. The van der Waals surface area contributed by atoms with Gasteiger partial charge in [-0.15, -0.1) is 11.3 Å². The van der Waals surface area contributed by atoms with Gasteiger partial charge in [-0.2, -0.15) is 0 Å². The first-order chi connectivity index (χ1) is 15.9. The molecule has 2 rings (SSSR count). The lowest BCUT2D eigenvalue weighted by molar-refractivity contribution is -0.116. The van der Waals surface area contributed by atoms with Gasteiger partial charge in [0.2, 0.25) is 5.91 Å². The summed E-state index contributed by atoms with van der Waals surface area (Å²) < 4.78 is 25.9. The van der Waals surface area contributed by atoms with Crippen molar-refractivity contribution in [3.05, 3.63) is 40.3 Å². The van der Waals surface area contributed by atoms with E-state index >= 15 is 0 Å². The third kappa shape index (κ3) is 7.76. The van der Waals surface area contributed by atoms with Crippen LogP contribution in [0.3, 0.4) is 0 Å². The number of benzene rings is 1. The summed E-state index contributed by atoms with van der Waals surface area (Å²) in [6, 6.07) is 7.14. The molecule has 0 saturated carbocycles. The Labute approximate surface area is 196 Å². The summed E-state index contributed by atoms with van der Waals surface area (Å²) in [5.74, 6) is -0.105. The van der Waals surface area contributed by atoms with Gasteiger partial charge in [-0.3, -0.25) is 4.79 Å². The Bertz CT molecular complexity index is 939. The van der Waals surface area contributed by atoms with Crippen LogP contribution >= 0.6 is 11.3 Å². The van der Waals surface area contributed by atoms with Gasteiger partial charge in [-0.25, -0.2) is 9.59 Å². The summed E-state index contributed by atoms with van der Waals surface area (Å²) in [7, 11) is 3.09. The van der Waals surface area contributed by atoms with Crippen molar-refractivity contribution in [2.75, 3.05) is 46.0 Å². The van der Waals surface area contributed by atoms with Crippen LogP contribution in [-0.4, -0.2) is 58.5 Å². The van der Waals surface area contributed by atoms with Gasteiger partial charge < -0.3 is 29.0 Å². The van der Waals surface area contributed by atoms with Crippen molar-refractivity contribution in [3.63, 3.8) is 0 Å². The SMILES string of the molecule is CCOC(=O)c1c(NC(=O)CCCOc2ccc(OC)cc2)sc(C(=O)OCCOC)c1C. The minimum atomic E-state index is -0.611. The Balaban J connectivity index is 1.99. The normalized spacial score (nSPS) is 10.4. The van der Waals surface area contributed by atoms with Gasteiger partial charge in [-0.1, -0.05) is 0 Å². The van der Waals surface area contributed by atoms with Crippen LogP contribution in [0.25, 0.3) is 0 Å². The van der Waals surface area contributed by atoms with Crippen LogP contribution in [0.1, 0.15) is 45.4 Å². The molecule has 0 bridgehead atoms. The van der Waals surface area contributed by atoms with E-state index < -0.39 is 11.9 Å². The Kier molecular flexibility index (Phi) is 10.6. The molecule has 0 aliphatic heterocycles. The Morgan fingerprint density at radius 1 is 0.939 bits per heavy atom. The standard InChI is InChI=1S/C23H29NO8S/c1-5-30-22(26)19-15(2)20(23(27)32-14-13-28-3)33-21(19)24-18(25)7-6-12-31-17-10-8-16(29-4)9-11-17/h8-11H,5-7,12-14H2,1-4H3,(H,24,25). The number of carbonyl (C=O) groups is 3. The zero-order valence-electron chi connectivity index (χ0n) is 19.2. The molecule has 33 heavy (non-hydrogen) atoms. The molecule has 1 amide bonds. The van der Waals surface area contributed by atoms with Crippen molar-refractivity contribution in [3.8, 4) is 11.5 Å². The number of hydrogen-bond acceptors (Lipinski definition) is 9. The van der Waals surface area contributed by atoms with Crippen LogP contribution in [0.5, 0.6) is 11.5 Å². The van der Waals surface area contributed by atoms with E-state index in [1.807, 2.05) is 0 Å². The monoisotopic (exact) mass is 479 g/mol. The van der Waals surface area contributed by atoms with E-state index in [1.54, 1.807) is 45.2 Å². The largest absolute Gasteiger partial charge is 0.497 e. The van der Waals surface area contributed by atoms with Gasteiger partial charge in [0.05, 0.1) is 32.5 Å². The summed E-state index contributed by atoms with van der Waals surface area (Å²) in [6.07, 6.45) is 0.631. The third-order valence-electron chi connectivity index (χ3n) is 4.46. The lowest BCUT2D eigenvalue weighted by Crippen LogP contribution is -2.15. The number of amides is 1. The molecule has 1 N–H and O–H groups in total. The highest BCUT2D eigenvalue weighted by Gasteiger charge is 2.27. The molecule has 10 heteroatoms. The Hall–Kier alpha value is -3.11. The molecule has 0 atom stereocenters. The molecule has 180 valence electrons. The maximum atomic E-state index is 12.5. The highest BCUT2D eigenvalue weighted by atomic mass is 32.1. The Morgan fingerprint density at radius 3 is 2.27 bits per heavy atom. The molecule has 0 saturated heterocycles. The lowest BCUT2D eigenvalue weighted by atomic mass is 10.1. The van der Waals surface area contributed by atoms with Crippen LogP contribution in [0.15, 0.2) is 24.3 Å². The van der Waals surface area contributed by atoms with Crippen LogP contribution in [-0.2, 0) is 19.0 Å². The van der Waals surface area contributed by atoms with Gasteiger partial charge in [0, 0.05) is 13.5 Å². The average Bonchev–Trinajstić information content (AvgIpc) is 3.13. The van der Waals surface area contributed by atoms with E-state index in [0.717, 1.165) is 17.1 Å². The van der Waals surface area contributed by atoms with Gasteiger partial charge in [0.25, 0.3) is 0 Å². The summed E-state index contributed by atoms with van der Waals surface area (Å²) in [6.45, 7) is 4.14. The van der Waals surface area contributed by atoms with Crippen molar-refractivity contribution in [1.82, 2.24) is 0 Å². The first-order valence-corrected chi connectivity index (χ1v) is 11.3. The van der Waals surface area contributed by atoms with Gasteiger partial charge in [0.15, 0.2) is 0 Å². The van der Waals surface area contributed by atoms with E-state index in [1.165, 1.54) is 7.11 Å². The number of methoxy groups -OCH3 is 2. The number of esters is 2. The van der Waals surface area contributed by atoms with Crippen LogP contribution in [0.4, 0.5) is 5.00 Å². The predicted molar refractivity (Wildman–Crippen MR) is 124 cm³/mol. The summed E-state index contributed by atoms with van der Waals surface area (Å²) in [4.78, 5) is 37.6. The third-order valence-corrected chi connectivity index (χ3v) is 5.65.